The predicted octanol–water partition coefficient (Wildman–Crippen LogP) is 3.32. The Kier molecular flexibility index (Phi) is 10.6. The first kappa shape index (κ1) is 43.6. The second-order valence-electron chi connectivity index (χ2n) is 18.7. The molecule has 0 saturated carbocycles. The predicted molar refractivity (Wildman–Crippen MR) is 231 cm³/mol. The number of nitrogens with zero attached hydrogens (tertiary/aromatic N) is 3. The number of amides is 4. The summed E-state index contributed by atoms with van der Waals surface area (Å²) in [7, 11) is 1.58. The summed E-state index contributed by atoms with van der Waals surface area (Å²) < 4.78 is 16.1. The molecular weight excluding hydrogens is 807 g/mol. The van der Waals surface area contributed by atoms with Gasteiger partial charge < -0.3 is 42.0 Å². The van der Waals surface area contributed by atoms with E-state index < -0.39 is 81.5 Å². The number of ether oxygens (including phenoxy) is 3. The van der Waals surface area contributed by atoms with Gasteiger partial charge in [0.25, 0.3) is 11.8 Å². The Balaban J connectivity index is 1.31. The number of likely N-dealkylation sites (tertiary alicyclic amines) is 2. The molecule has 63 heavy (non-hydrogen) atoms. The molecule has 8 N–H and O–H groups in total. The third kappa shape index (κ3) is 6.07. The maximum Gasteiger partial charge on any atom is 0.412 e. The van der Waals surface area contributed by atoms with Crippen LogP contribution in [0.5, 0.6) is 5.75 Å². The van der Waals surface area contributed by atoms with Crippen LogP contribution in [0.15, 0.2) is 72.8 Å². The highest BCUT2D eigenvalue weighted by Gasteiger charge is 2.72. The van der Waals surface area contributed by atoms with Gasteiger partial charge >= 0.3 is 24.1 Å². The first-order valence-corrected chi connectivity index (χ1v) is 21.6. The third-order valence-corrected chi connectivity index (χ3v) is 15.9. The summed E-state index contributed by atoms with van der Waals surface area (Å²) >= 11 is 0. The quantitative estimate of drug-likeness (QED) is 0.151. The van der Waals surface area contributed by atoms with Gasteiger partial charge in [-0.05, 0) is 104 Å². The first-order valence-electron chi connectivity index (χ1n) is 21.6. The van der Waals surface area contributed by atoms with Crippen molar-refractivity contribution in [2.75, 3.05) is 25.1 Å². The molecule has 4 aliphatic carbocycles. The van der Waals surface area contributed by atoms with Crippen LogP contribution in [-0.4, -0.2) is 101 Å². The molecule has 4 bridgehead atoms. The topological polar surface area (TPSA) is 244 Å². The highest BCUT2D eigenvalue weighted by molar-refractivity contribution is 6.12. The summed E-state index contributed by atoms with van der Waals surface area (Å²) in [4.78, 5) is 89.5. The van der Waals surface area contributed by atoms with Gasteiger partial charge in [0.1, 0.15) is 5.75 Å². The molecule has 0 spiro atoms. The van der Waals surface area contributed by atoms with Crippen molar-refractivity contribution >= 4 is 41.6 Å². The Bertz CT molecular complexity index is 2360. The normalized spacial score (nSPS) is 30.7. The van der Waals surface area contributed by atoms with E-state index in [1.165, 1.54) is 0 Å². The molecule has 9 atom stereocenters. The van der Waals surface area contributed by atoms with Crippen molar-refractivity contribution in [1.29, 1.82) is 0 Å². The van der Waals surface area contributed by atoms with Crippen LogP contribution in [0.4, 0.5) is 15.3 Å². The number of methoxy groups -OCH3 is 1. The number of carbonyl (C=O) groups excluding carboxylic acids is 6. The van der Waals surface area contributed by atoms with E-state index in [0.29, 0.717) is 49.0 Å². The van der Waals surface area contributed by atoms with Crippen molar-refractivity contribution in [3.05, 3.63) is 95.1 Å². The number of fused-ring (bicyclic) bond motifs is 6. The van der Waals surface area contributed by atoms with Crippen LogP contribution in [0.1, 0.15) is 82.1 Å². The number of hydrogen-bond donors (Lipinski definition) is 4. The van der Waals surface area contributed by atoms with E-state index in [4.69, 9.17) is 37.1 Å². The minimum Gasteiger partial charge on any atom is -0.497 e. The number of primary amides is 4. The number of benzene rings is 3. The molecule has 3 aliphatic heterocycles. The van der Waals surface area contributed by atoms with Gasteiger partial charge in [-0.1, -0.05) is 69.3 Å². The van der Waals surface area contributed by atoms with Gasteiger partial charge in [-0.25, -0.2) is 19.2 Å². The van der Waals surface area contributed by atoms with Crippen molar-refractivity contribution in [2.24, 2.45) is 28.9 Å². The van der Waals surface area contributed by atoms with E-state index in [1.54, 1.807) is 7.11 Å². The summed E-state index contributed by atoms with van der Waals surface area (Å²) in [6, 6.07) is 21.2. The molecule has 3 heterocycles. The lowest BCUT2D eigenvalue weighted by Gasteiger charge is -2.58. The smallest absolute Gasteiger partial charge is 0.412 e. The molecule has 3 aromatic carbocycles. The molecular formula is C47H57N7O9. The summed E-state index contributed by atoms with van der Waals surface area (Å²) in [6.07, 6.45) is 0.538. The van der Waals surface area contributed by atoms with Crippen LogP contribution in [0, 0.1) is 5.92 Å². The van der Waals surface area contributed by atoms with Crippen LogP contribution in [0.25, 0.3) is 0 Å². The van der Waals surface area contributed by atoms with Crippen molar-refractivity contribution in [3.8, 4) is 5.75 Å². The highest BCUT2D eigenvalue weighted by Crippen LogP contribution is 2.57. The number of esters is 2. The summed E-state index contributed by atoms with van der Waals surface area (Å²) in [5.74, 6) is -3.79. The van der Waals surface area contributed by atoms with Crippen molar-refractivity contribution in [3.63, 3.8) is 0 Å². The molecule has 6 unspecified atom stereocenters. The van der Waals surface area contributed by atoms with Crippen molar-refractivity contribution < 1.29 is 43.0 Å². The largest absolute Gasteiger partial charge is 0.497 e. The lowest BCUT2D eigenvalue weighted by molar-refractivity contribution is -0.167. The molecule has 10 rings (SSSR count). The van der Waals surface area contributed by atoms with Crippen LogP contribution < -0.4 is 32.6 Å². The number of carbonyl (C=O) groups is 6. The number of rotatable bonds is 12. The molecule has 7 aliphatic rings. The zero-order chi connectivity index (χ0) is 45.4. The Morgan fingerprint density at radius 3 is 1.52 bits per heavy atom. The van der Waals surface area contributed by atoms with Gasteiger partial charge in [-0.3, -0.25) is 19.4 Å². The molecule has 3 fully saturated rings. The van der Waals surface area contributed by atoms with Crippen molar-refractivity contribution in [2.45, 2.75) is 118 Å². The summed E-state index contributed by atoms with van der Waals surface area (Å²) in [5, 5.41) is 0. The lowest BCUT2D eigenvalue weighted by Crippen LogP contribution is -2.78. The number of hydrogen-bond acceptors (Lipinski definition) is 12. The second-order valence-corrected chi connectivity index (χ2v) is 18.7. The van der Waals surface area contributed by atoms with Gasteiger partial charge in [0.2, 0.25) is 11.1 Å². The van der Waals surface area contributed by atoms with Gasteiger partial charge in [0.05, 0.1) is 12.6 Å². The van der Waals surface area contributed by atoms with E-state index in [0.717, 1.165) is 16.8 Å². The Labute approximate surface area is 366 Å². The van der Waals surface area contributed by atoms with Gasteiger partial charge in [-0.15, -0.1) is 0 Å². The minimum atomic E-state index is -2.20. The molecule has 16 nitrogen and oxygen atoms in total. The fraction of sp³-hybridized carbons (Fsp3) is 0.489. The first-order chi connectivity index (χ1) is 29.8. The molecule has 4 amide bonds. The highest BCUT2D eigenvalue weighted by atomic mass is 16.6. The summed E-state index contributed by atoms with van der Waals surface area (Å²) in [5.41, 5.74) is 20.1. The molecule has 3 saturated heterocycles. The maximum atomic E-state index is 14.8. The zero-order valence-corrected chi connectivity index (χ0v) is 36.4. The van der Waals surface area contributed by atoms with Gasteiger partial charge in [0, 0.05) is 47.7 Å². The van der Waals surface area contributed by atoms with Crippen LogP contribution >= 0.6 is 0 Å². The average Bonchev–Trinajstić information content (AvgIpc) is 3.97. The van der Waals surface area contributed by atoms with Crippen LogP contribution in [0.3, 0.4) is 0 Å². The number of nitrogens with two attached hydrogens (primary N) is 4. The monoisotopic (exact) mass is 863 g/mol. The third-order valence-electron chi connectivity index (χ3n) is 15.9. The standard InChI is InChI=1S/C47H57N7O9/c1-27-24-35(34-8-6-22-52(34)46(37(48)55,39(57)62-41(50)59)43(2)25-28-10-14-30(43)15-11-28)54(32-18-20-33(61-5)21-19-32)45(27,4)36-9-7-23-53(36)47(38(49)56,40(58)63-42(51)60)44(3)26-29-12-16-31(44)17-13-29/h10-21,27,34-36H,6-9,22-26H2,1-5H3,(H2,48,55)(H2,49,56)(H2,50,59)(H2,51,60)/t27?,34?,35?,36?,43?,44?,45-,46+,47+/m1/s1. The Morgan fingerprint density at radius 2 is 1.10 bits per heavy atom. The molecule has 0 radical (unpaired) electrons. The fourth-order valence-corrected chi connectivity index (χ4v) is 13.1. The lowest BCUT2D eigenvalue weighted by atomic mass is 9.58. The van der Waals surface area contributed by atoms with E-state index in [2.05, 4.69) is 18.7 Å². The van der Waals surface area contributed by atoms with Gasteiger partial charge in [-0.2, -0.15) is 0 Å². The number of anilines is 1. The Hall–Kier alpha value is -6.00. The molecule has 3 aromatic rings. The zero-order valence-electron chi connectivity index (χ0n) is 36.4. The second kappa shape index (κ2) is 15.4. The maximum absolute atomic E-state index is 14.8. The average molecular weight is 864 g/mol. The fourth-order valence-electron chi connectivity index (χ4n) is 13.1. The summed E-state index contributed by atoms with van der Waals surface area (Å²) in [6.45, 7) is 8.37. The van der Waals surface area contributed by atoms with Crippen LogP contribution in [0.2, 0.25) is 0 Å². The van der Waals surface area contributed by atoms with Crippen molar-refractivity contribution in [1.82, 2.24) is 9.80 Å². The SMILES string of the molecule is COc1ccc(N2C(C3CCCN3[C@@](C(N)=O)(C(=O)OC(N)=O)C3(C)Cc4ccc3cc4)CC(C)[C@]2(C)C2CCCN2[C@@](C(N)=O)(C(=O)OC(N)=O)C2(C)Cc3ccc2cc3)cc1. The van der Waals surface area contributed by atoms with E-state index in [1.807, 2.05) is 96.4 Å². The van der Waals surface area contributed by atoms with E-state index in [-0.39, 0.29) is 31.8 Å². The van der Waals surface area contributed by atoms with Gasteiger partial charge in [0.15, 0.2) is 0 Å². The molecule has 334 valence electrons. The van der Waals surface area contributed by atoms with Crippen LogP contribution in [-0.2, 0) is 52.3 Å². The van der Waals surface area contributed by atoms with E-state index in [9.17, 15) is 28.8 Å². The molecule has 0 aromatic heterocycles. The Morgan fingerprint density at radius 1 is 0.635 bits per heavy atom. The molecule has 16 heteroatoms. The van der Waals surface area contributed by atoms with E-state index >= 15 is 0 Å². The minimum absolute atomic E-state index is 0.189.